The second-order valence-corrected chi connectivity index (χ2v) is 6.80. The smallest absolute Gasteiger partial charge is 0.268 e. The first-order valence-corrected chi connectivity index (χ1v) is 8.47. The first-order valence-electron chi connectivity index (χ1n) is 6.90. The summed E-state index contributed by atoms with van der Waals surface area (Å²) in [5.74, 6) is -0.956. The zero-order valence-corrected chi connectivity index (χ0v) is 14.5. The lowest BCUT2D eigenvalue weighted by Crippen LogP contribution is -2.27. The van der Waals surface area contributed by atoms with Gasteiger partial charge in [-0.05, 0) is 36.0 Å². The summed E-state index contributed by atoms with van der Waals surface area (Å²) in [7, 11) is 0. The molecule has 1 fully saturated rings. The van der Waals surface area contributed by atoms with E-state index < -0.39 is 17.0 Å². The van der Waals surface area contributed by atoms with Crippen molar-refractivity contribution in [2.24, 2.45) is 0 Å². The summed E-state index contributed by atoms with van der Waals surface area (Å²) < 4.78 is 13.7. The number of benzene rings is 2. The molecule has 2 amide bonds. The summed E-state index contributed by atoms with van der Waals surface area (Å²) in [5.41, 5.74) is 0.744. The van der Waals surface area contributed by atoms with Gasteiger partial charge in [0.15, 0.2) is 0 Å². The molecular weight excluding hydrogens is 372 g/mol. The van der Waals surface area contributed by atoms with Crippen molar-refractivity contribution in [3.05, 3.63) is 74.4 Å². The van der Waals surface area contributed by atoms with E-state index in [1.54, 1.807) is 30.3 Å². The molecule has 2 aromatic rings. The number of rotatable bonds is 3. The monoisotopic (exact) mass is 381 g/mol. The van der Waals surface area contributed by atoms with Crippen LogP contribution in [0.3, 0.4) is 0 Å². The van der Waals surface area contributed by atoms with Crippen LogP contribution >= 0.6 is 35.0 Å². The highest BCUT2D eigenvalue weighted by Gasteiger charge is 2.35. The zero-order valence-electron chi connectivity index (χ0n) is 12.1. The highest BCUT2D eigenvalue weighted by Crippen LogP contribution is 2.35. The Bertz CT molecular complexity index is 849. The maximum atomic E-state index is 13.7. The fourth-order valence-corrected chi connectivity index (χ4v) is 3.56. The van der Waals surface area contributed by atoms with E-state index in [9.17, 15) is 14.0 Å². The van der Waals surface area contributed by atoms with Gasteiger partial charge in [0.25, 0.3) is 11.1 Å². The number of carbonyl (C=O) groups excluding carboxylic acids is 2. The summed E-state index contributed by atoms with van der Waals surface area (Å²) in [6, 6.07) is 11.0. The van der Waals surface area contributed by atoms with Crippen LogP contribution in [0.1, 0.15) is 11.1 Å². The standard InChI is InChI=1S/C17H10Cl2FNO2S/c18-12-5-3-6-13(19)11(12)9-21-16(22)15(24-17(21)23)8-10-4-1-2-7-14(10)20/h1-8H,9H2/b15-8+. The number of hydrogen-bond donors (Lipinski definition) is 0. The molecule has 0 spiro atoms. The molecule has 0 N–H and O–H groups in total. The van der Waals surface area contributed by atoms with Gasteiger partial charge in [-0.1, -0.05) is 47.5 Å². The van der Waals surface area contributed by atoms with Crippen molar-refractivity contribution in [2.45, 2.75) is 6.54 Å². The fourth-order valence-electron chi connectivity index (χ4n) is 2.21. The molecule has 122 valence electrons. The maximum absolute atomic E-state index is 13.7. The molecule has 2 aromatic carbocycles. The van der Waals surface area contributed by atoms with Crippen molar-refractivity contribution < 1.29 is 14.0 Å². The SMILES string of the molecule is O=C1S/C(=C/c2ccccc2F)C(=O)N1Cc1c(Cl)cccc1Cl. The number of imide groups is 1. The number of halogens is 3. The topological polar surface area (TPSA) is 37.4 Å². The van der Waals surface area contributed by atoms with Crippen LogP contribution in [-0.2, 0) is 11.3 Å². The van der Waals surface area contributed by atoms with Gasteiger partial charge in [0.2, 0.25) is 0 Å². The Morgan fingerprint density at radius 3 is 2.38 bits per heavy atom. The molecule has 0 aromatic heterocycles. The van der Waals surface area contributed by atoms with Crippen LogP contribution in [0.2, 0.25) is 10.0 Å². The minimum absolute atomic E-state index is 0.0300. The van der Waals surface area contributed by atoms with Gasteiger partial charge in [-0.2, -0.15) is 0 Å². The van der Waals surface area contributed by atoms with Crippen LogP contribution in [0.15, 0.2) is 47.4 Å². The van der Waals surface area contributed by atoms with Crippen LogP contribution in [-0.4, -0.2) is 16.0 Å². The minimum Gasteiger partial charge on any atom is -0.268 e. The van der Waals surface area contributed by atoms with E-state index in [4.69, 9.17) is 23.2 Å². The normalized spacial score (nSPS) is 16.3. The van der Waals surface area contributed by atoms with Crippen molar-refractivity contribution in [1.82, 2.24) is 4.90 Å². The van der Waals surface area contributed by atoms with Crippen LogP contribution < -0.4 is 0 Å². The van der Waals surface area contributed by atoms with Crippen molar-refractivity contribution >= 4 is 52.2 Å². The number of carbonyl (C=O) groups is 2. The van der Waals surface area contributed by atoms with Gasteiger partial charge >= 0.3 is 0 Å². The van der Waals surface area contributed by atoms with E-state index in [1.807, 2.05) is 0 Å². The molecule has 1 saturated heterocycles. The quantitative estimate of drug-likeness (QED) is 0.670. The molecule has 3 nitrogen and oxygen atoms in total. The predicted molar refractivity (Wildman–Crippen MR) is 94.4 cm³/mol. The van der Waals surface area contributed by atoms with E-state index in [2.05, 4.69) is 0 Å². The highest BCUT2D eigenvalue weighted by atomic mass is 35.5. The van der Waals surface area contributed by atoms with E-state index >= 15 is 0 Å². The number of hydrogen-bond acceptors (Lipinski definition) is 3. The van der Waals surface area contributed by atoms with E-state index in [-0.39, 0.29) is 17.0 Å². The molecule has 1 heterocycles. The van der Waals surface area contributed by atoms with Crippen LogP contribution in [0, 0.1) is 5.82 Å². The van der Waals surface area contributed by atoms with E-state index in [0.29, 0.717) is 15.6 Å². The number of thioether (sulfide) groups is 1. The Hall–Kier alpha value is -1.82. The highest BCUT2D eigenvalue weighted by molar-refractivity contribution is 8.18. The molecule has 1 aliphatic heterocycles. The summed E-state index contributed by atoms with van der Waals surface area (Å²) in [6.45, 7) is -0.0300. The maximum Gasteiger partial charge on any atom is 0.293 e. The summed E-state index contributed by atoms with van der Waals surface area (Å²) >= 11 is 12.9. The second-order valence-electron chi connectivity index (χ2n) is 4.99. The van der Waals surface area contributed by atoms with Crippen molar-refractivity contribution in [2.75, 3.05) is 0 Å². The van der Waals surface area contributed by atoms with Gasteiger partial charge in [0.05, 0.1) is 11.4 Å². The Kier molecular flexibility index (Phi) is 4.94. The average molecular weight is 382 g/mol. The summed E-state index contributed by atoms with van der Waals surface area (Å²) in [5, 5.41) is 0.304. The van der Waals surface area contributed by atoms with Crippen molar-refractivity contribution in [3.63, 3.8) is 0 Å². The fraction of sp³-hybridized carbons (Fsp3) is 0.0588. The molecule has 0 radical (unpaired) electrons. The van der Waals surface area contributed by atoms with Gasteiger partial charge in [0, 0.05) is 21.2 Å². The van der Waals surface area contributed by atoms with Crippen LogP contribution in [0.25, 0.3) is 6.08 Å². The van der Waals surface area contributed by atoms with Crippen molar-refractivity contribution in [3.8, 4) is 0 Å². The molecule has 0 bridgehead atoms. The second kappa shape index (κ2) is 6.97. The van der Waals surface area contributed by atoms with E-state index in [0.717, 1.165) is 16.7 Å². The van der Waals surface area contributed by atoms with Gasteiger partial charge in [-0.25, -0.2) is 4.39 Å². The number of amides is 2. The Morgan fingerprint density at radius 2 is 1.71 bits per heavy atom. The molecular formula is C17H10Cl2FNO2S. The molecule has 7 heteroatoms. The van der Waals surface area contributed by atoms with E-state index in [1.165, 1.54) is 18.2 Å². The van der Waals surface area contributed by atoms with Gasteiger partial charge in [0.1, 0.15) is 5.82 Å². The zero-order chi connectivity index (χ0) is 17.3. The van der Waals surface area contributed by atoms with Crippen LogP contribution in [0.5, 0.6) is 0 Å². The molecule has 1 aliphatic rings. The number of nitrogens with zero attached hydrogens (tertiary/aromatic N) is 1. The van der Waals surface area contributed by atoms with Gasteiger partial charge < -0.3 is 0 Å². The van der Waals surface area contributed by atoms with Gasteiger partial charge in [-0.3, -0.25) is 14.5 Å². The molecule has 0 unspecified atom stereocenters. The Morgan fingerprint density at radius 1 is 1.04 bits per heavy atom. The predicted octanol–water partition coefficient (Wildman–Crippen LogP) is 5.37. The lowest BCUT2D eigenvalue weighted by molar-refractivity contribution is -0.123. The largest absolute Gasteiger partial charge is 0.293 e. The van der Waals surface area contributed by atoms with Crippen LogP contribution in [0.4, 0.5) is 9.18 Å². The Balaban J connectivity index is 1.89. The lowest BCUT2D eigenvalue weighted by atomic mass is 10.2. The Labute approximate surface area is 152 Å². The third-order valence-corrected chi connectivity index (χ3v) is 5.06. The first kappa shape index (κ1) is 17.0. The minimum atomic E-state index is -0.496. The molecule has 24 heavy (non-hydrogen) atoms. The van der Waals surface area contributed by atoms with Crippen molar-refractivity contribution in [1.29, 1.82) is 0 Å². The lowest BCUT2D eigenvalue weighted by Gasteiger charge is -2.14. The molecule has 3 rings (SSSR count). The third kappa shape index (κ3) is 3.34. The molecule has 0 saturated carbocycles. The molecule has 0 atom stereocenters. The third-order valence-electron chi connectivity index (χ3n) is 3.44. The first-order chi connectivity index (χ1) is 11.5. The summed E-state index contributed by atoms with van der Waals surface area (Å²) in [4.78, 5) is 25.8. The van der Waals surface area contributed by atoms with Gasteiger partial charge in [-0.15, -0.1) is 0 Å². The molecule has 0 aliphatic carbocycles. The average Bonchev–Trinajstić information content (AvgIpc) is 2.80. The summed E-state index contributed by atoms with van der Waals surface area (Å²) in [6.07, 6.45) is 1.37.